The molecular formula is C22H19ClFN3OS. The molecule has 0 aliphatic rings. The van der Waals surface area contributed by atoms with E-state index in [0.29, 0.717) is 12.0 Å². The van der Waals surface area contributed by atoms with Crippen molar-refractivity contribution in [3.8, 4) is 11.3 Å². The van der Waals surface area contributed by atoms with Gasteiger partial charge in [-0.3, -0.25) is 4.98 Å². The van der Waals surface area contributed by atoms with Crippen LogP contribution in [0, 0.1) is 5.82 Å². The number of fused-ring (bicyclic) bond motifs is 1. The molecule has 0 radical (unpaired) electrons. The summed E-state index contributed by atoms with van der Waals surface area (Å²) in [5.41, 5.74) is 7.51. The number of thiophene rings is 1. The molecule has 0 fully saturated rings. The zero-order valence-electron chi connectivity index (χ0n) is 15.9. The van der Waals surface area contributed by atoms with Gasteiger partial charge < -0.3 is 10.8 Å². The monoisotopic (exact) mass is 427 g/mol. The Bertz CT molecular complexity index is 1220. The molecule has 0 atom stereocenters. The first-order valence-corrected chi connectivity index (χ1v) is 10.2. The fourth-order valence-electron chi connectivity index (χ4n) is 3.22. The highest BCUT2D eigenvalue weighted by molar-refractivity contribution is 7.19. The van der Waals surface area contributed by atoms with Gasteiger partial charge in [0.05, 0.1) is 16.3 Å². The van der Waals surface area contributed by atoms with Crippen molar-refractivity contribution in [2.75, 3.05) is 5.73 Å². The normalized spacial score (nSPS) is 11.9. The number of anilines is 1. The summed E-state index contributed by atoms with van der Waals surface area (Å²) in [7, 11) is 0. The molecule has 4 aromatic rings. The van der Waals surface area contributed by atoms with Crippen LogP contribution in [-0.2, 0) is 12.0 Å². The molecule has 0 aliphatic carbocycles. The summed E-state index contributed by atoms with van der Waals surface area (Å²) in [4.78, 5) is 9.20. The van der Waals surface area contributed by atoms with Gasteiger partial charge >= 0.3 is 0 Å². The number of hydrogen-bond donors (Lipinski definition) is 2. The molecular weight excluding hydrogens is 409 g/mol. The van der Waals surface area contributed by atoms with Gasteiger partial charge in [0.1, 0.15) is 0 Å². The van der Waals surface area contributed by atoms with Crippen molar-refractivity contribution < 1.29 is 9.50 Å². The average molecular weight is 428 g/mol. The van der Waals surface area contributed by atoms with E-state index in [1.807, 2.05) is 36.4 Å². The second kappa shape index (κ2) is 7.37. The minimum atomic E-state index is -0.957. The third kappa shape index (κ3) is 3.83. The number of benzene rings is 1. The van der Waals surface area contributed by atoms with Crippen LogP contribution in [0.25, 0.3) is 21.3 Å². The Hall–Kier alpha value is -2.54. The highest BCUT2D eigenvalue weighted by Crippen LogP contribution is 2.37. The molecule has 0 spiro atoms. The quantitative estimate of drug-likeness (QED) is 0.447. The minimum Gasteiger partial charge on any atom is -0.386 e. The van der Waals surface area contributed by atoms with Crippen LogP contribution in [0.5, 0.6) is 0 Å². The van der Waals surface area contributed by atoms with Gasteiger partial charge in [-0.2, -0.15) is 0 Å². The summed E-state index contributed by atoms with van der Waals surface area (Å²) in [6.07, 6.45) is 3.40. The molecule has 29 heavy (non-hydrogen) atoms. The fraction of sp³-hybridized carbons (Fsp3) is 0.182. The predicted molar refractivity (Wildman–Crippen MR) is 117 cm³/mol. The van der Waals surface area contributed by atoms with Crippen molar-refractivity contribution in [3.63, 3.8) is 0 Å². The van der Waals surface area contributed by atoms with Crippen molar-refractivity contribution in [1.29, 1.82) is 0 Å². The van der Waals surface area contributed by atoms with Gasteiger partial charge in [0, 0.05) is 39.5 Å². The molecule has 4 nitrogen and oxygen atoms in total. The van der Waals surface area contributed by atoms with Gasteiger partial charge in [-0.25, -0.2) is 9.37 Å². The van der Waals surface area contributed by atoms with E-state index in [2.05, 4.69) is 9.97 Å². The molecule has 3 aromatic heterocycles. The van der Waals surface area contributed by atoms with Crippen LogP contribution in [0.3, 0.4) is 0 Å². The third-order valence-corrected chi connectivity index (χ3v) is 6.29. The maximum absolute atomic E-state index is 14.4. The van der Waals surface area contributed by atoms with E-state index in [0.717, 1.165) is 31.8 Å². The topological polar surface area (TPSA) is 72.0 Å². The Kier molecular flexibility index (Phi) is 5.02. The lowest BCUT2D eigenvalue weighted by Crippen LogP contribution is -2.15. The highest BCUT2D eigenvalue weighted by Gasteiger charge is 2.19. The second-order valence-electron chi connectivity index (χ2n) is 7.39. The van der Waals surface area contributed by atoms with E-state index in [9.17, 15) is 9.50 Å². The van der Waals surface area contributed by atoms with Crippen molar-refractivity contribution in [3.05, 3.63) is 75.6 Å². The Labute approximate surface area is 176 Å². The molecule has 0 saturated heterocycles. The summed E-state index contributed by atoms with van der Waals surface area (Å²) in [5.74, 6) is -0.728. The van der Waals surface area contributed by atoms with E-state index >= 15 is 0 Å². The van der Waals surface area contributed by atoms with E-state index in [4.69, 9.17) is 17.3 Å². The average Bonchev–Trinajstić information content (AvgIpc) is 3.10. The Morgan fingerprint density at radius 3 is 2.76 bits per heavy atom. The van der Waals surface area contributed by atoms with E-state index < -0.39 is 11.4 Å². The lowest BCUT2D eigenvalue weighted by Gasteiger charge is -2.18. The molecule has 0 aliphatic heterocycles. The predicted octanol–water partition coefficient (Wildman–Crippen LogP) is 5.55. The van der Waals surface area contributed by atoms with Gasteiger partial charge in [0.25, 0.3) is 0 Å². The number of nitrogens with zero attached hydrogens (tertiary/aromatic N) is 2. The van der Waals surface area contributed by atoms with Gasteiger partial charge in [-0.15, -0.1) is 11.3 Å². The smallest absolute Gasteiger partial charge is 0.170 e. The minimum absolute atomic E-state index is 0.154. The maximum Gasteiger partial charge on any atom is 0.170 e. The number of rotatable bonds is 4. The molecule has 3 heterocycles. The van der Waals surface area contributed by atoms with E-state index in [1.165, 1.54) is 6.20 Å². The Morgan fingerprint density at radius 2 is 2.00 bits per heavy atom. The van der Waals surface area contributed by atoms with Crippen molar-refractivity contribution >= 4 is 38.8 Å². The van der Waals surface area contributed by atoms with Crippen LogP contribution in [-0.4, -0.2) is 15.1 Å². The van der Waals surface area contributed by atoms with Crippen molar-refractivity contribution in [1.82, 2.24) is 9.97 Å². The van der Waals surface area contributed by atoms with Crippen LogP contribution < -0.4 is 5.73 Å². The number of hydrogen-bond acceptors (Lipinski definition) is 5. The largest absolute Gasteiger partial charge is 0.386 e. The van der Waals surface area contributed by atoms with Crippen LogP contribution >= 0.6 is 22.9 Å². The first-order valence-electron chi connectivity index (χ1n) is 9.03. The van der Waals surface area contributed by atoms with E-state index in [1.54, 1.807) is 31.4 Å². The third-order valence-electron chi connectivity index (χ3n) is 4.78. The number of aromatic nitrogens is 2. The van der Waals surface area contributed by atoms with Crippen molar-refractivity contribution in [2.45, 2.75) is 25.9 Å². The number of nitrogen functional groups attached to an aromatic ring is 1. The molecule has 3 N–H and O–H groups in total. The zero-order valence-corrected chi connectivity index (χ0v) is 17.5. The fourth-order valence-corrected chi connectivity index (χ4v) is 4.61. The number of halogens is 2. The zero-order chi connectivity index (χ0) is 20.8. The summed E-state index contributed by atoms with van der Waals surface area (Å²) in [6, 6.07) is 11.7. The standard InChI is InChI=1S/C22H19ClFN3OS/c1-22(2,28)13-6-7-26-18(9-13)15-5-3-4-12-8-14(29-20(12)15)10-16-17(23)11-27-21(25)19(16)24/h3-9,11,28H,10H2,1-2H3,(H2,25,27). The van der Waals surface area contributed by atoms with Crippen LogP contribution in [0.1, 0.15) is 29.9 Å². The van der Waals surface area contributed by atoms with Gasteiger partial charge in [0.15, 0.2) is 11.6 Å². The lowest BCUT2D eigenvalue weighted by molar-refractivity contribution is 0.0785. The maximum atomic E-state index is 14.4. The van der Waals surface area contributed by atoms with E-state index in [-0.39, 0.29) is 10.8 Å². The molecule has 7 heteroatoms. The molecule has 0 amide bonds. The molecule has 0 saturated carbocycles. The summed E-state index contributed by atoms with van der Waals surface area (Å²) >= 11 is 7.71. The van der Waals surface area contributed by atoms with Gasteiger partial charge in [-0.1, -0.05) is 29.8 Å². The first kappa shape index (κ1) is 19.8. The SMILES string of the molecule is CC(C)(O)c1ccnc(-c2cccc3cc(Cc4c(Cl)cnc(N)c4F)sc23)c1. The lowest BCUT2D eigenvalue weighted by atomic mass is 9.97. The van der Waals surface area contributed by atoms with Crippen LogP contribution in [0.4, 0.5) is 10.2 Å². The second-order valence-corrected chi connectivity index (χ2v) is 8.93. The number of nitrogens with two attached hydrogens (primary N) is 1. The molecule has 148 valence electrons. The number of aliphatic hydroxyl groups is 1. The first-order chi connectivity index (χ1) is 13.7. The molecule has 0 unspecified atom stereocenters. The molecule has 0 bridgehead atoms. The van der Waals surface area contributed by atoms with Crippen LogP contribution in [0.15, 0.2) is 48.8 Å². The van der Waals surface area contributed by atoms with Crippen LogP contribution in [0.2, 0.25) is 5.02 Å². The Balaban J connectivity index is 1.79. The van der Waals surface area contributed by atoms with Gasteiger partial charge in [-0.05, 0) is 43.0 Å². The summed E-state index contributed by atoms with van der Waals surface area (Å²) in [6.45, 7) is 3.49. The summed E-state index contributed by atoms with van der Waals surface area (Å²) < 4.78 is 15.4. The van der Waals surface area contributed by atoms with Gasteiger partial charge in [0.2, 0.25) is 0 Å². The number of pyridine rings is 2. The molecule has 4 rings (SSSR count). The Morgan fingerprint density at radius 1 is 1.21 bits per heavy atom. The van der Waals surface area contributed by atoms with Crippen molar-refractivity contribution in [2.24, 2.45) is 0 Å². The summed E-state index contributed by atoms with van der Waals surface area (Å²) in [5, 5.41) is 11.6. The molecule has 1 aromatic carbocycles. The highest BCUT2D eigenvalue weighted by atomic mass is 35.5.